The van der Waals surface area contributed by atoms with Crippen molar-refractivity contribution in [2.45, 2.75) is 19.4 Å². The van der Waals surface area contributed by atoms with Gasteiger partial charge in [0.25, 0.3) is 5.91 Å². The Kier molecular flexibility index (Phi) is 7.56. The maximum Gasteiger partial charge on any atom is 0.260 e. The lowest BCUT2D eigenvalue weighted by Gasteiger charge is -2.19. The number of rotatable bonds is 9. The third-order valence-electron chi connectivity index (χ3n) is 2.96. The predicted molar refractivity (Wildman–Crippen MR) is 80.7 cm³/mol. The zero-order chi connectivity index (χ0) is 15.7. The first-order valence-electron chi connectivity index (χ1n) is 6.93. The van der Waals surface area contributed by atoms with E-state index in [9.17, 15) is 4.79 Å². The zero-order valence-electron chi connectivity index (χ0n) is 12.8. The van der Waals surface area contributed by atoms with Gasteiger partial charge < -0.3 is 25.3 Å². The molecular formula is C15H24N2O4. The largest absolute Gasteiger partial charge is 0.493 e. The van der Waals surface area contributed by atoms with E-state index in [0.29, 0.717) is 37.6 Å². The molecule has 0 spiro atoms. The Morgan fingerprint density at radius 1 is 1.38 bits per heavy atom. The molecule has 21 heavy (non-hydrogen) atoms. The molecule has 1 aromatic rings. The van der Waals surface area contributed by atoms with Crippen molar-refractivity contribution in [3.8, 4) is 11.5 Å². The average Bonchev–Trinajstić information content (AvgIpc) is 2.49. The van der Waals surface area contributed by atoms with Crippen LogP contribution < -0.4 is 20.5 Å². The molecule has 1 rings (SSSR count). The SMILES string of the molecule is COCCNC(=O)C(C)Oc1c(CCN)cccc1OC. The first kappa shape index (κ1) is 17.3. The molecule has 0 aromatic heterocycles. The minimum absolute atomic E-state index is 0.198. The number of carbonyl (C=O) groups excluding carboxylic acids is 1. The van der Waals surface area contributed by atoms with Gasteiger partial charge in [-0.1, -0.05) is 12.1 Å². The Hall–Kier alpha value is -1.79. The number of nitrogens with one attached hydrogen (secondary N) is 1. The molecule has 1 amide bonds. The third-order valence-corrected chi connectivity index (χ3v) is 2.96. The number of nitrogens with two attached hydrogens (primary N) is 1. The highest BCUT2D eigenvalue weighted by Crippen LogP contribution is 2.32. The summed E-state index contributed by atoms with van der Waals surface area (Å²) >= 11 is 0. The van der Waals surface area contributed by atoms with Crippen LogP contribution >= 0.6 is 0 Å². The van der Waals surface area contributed by atoms with Crippen molar-refractivity contribution in [2.24, 2.45) is 5.73 Å². The lowest BCUT2D eigenvalue weighted by Crippen LogP contribution is -2.38. The smallest absolute Gasteiger partial charge is 0.260 e. The molecule has 1 unspecified atom stereocenters. The molecule has 118 valence electrons. The molecule has 3 N–H and O–H groups in total. The normalized spacial score (nSPS) is 11.8. The Bertz CT molecular complexity index is 451. The van der Waals surface area contributed by atoms with E-state index >= 15 is 0 Å². The van der Waals surface area contributed by atoms with E-state index in [1.165, 1.54) is 0 Å². The monoisotopic (exact) mass is 296 g/mol. The maximum atomic E-state index is 11.9. The van der Waals surface area contributed by atoms with Crippen molar-refractivity contribution < 1.29 is 19.0 Å². The lowest BCUT2D eigenvalue weighted by atomic mass is 10.1. The van der Waals surface area contributed by atoms with Gasteiger partial charge >= 0.3 is 0 Å². The van der Waals surface area contributed by atoms with Crippen molar-refractivity contribution >= 4 is 5.91 Å². The highest BCUT2D eigenvalue weighted by Gasteiger charge is 2.18. The van der Waals surface area contributed by atoms with E-state index in [2.05, 4.69) is 5.32 Å². The zero-order valence-corrected chi connectivity index (χ0v) is 12.8. The third kappa shape index (κ3) is 5.24. The molecule has 0 fully saturated rings. The van der Waals surface area contributed by atoms with Crippen molar-refractivity contribution in [3.63, 3.8) is 0 Å². The van der Waals surface area contributed by atoms with Gasteiger partial charge in [0, 0.05) is 13.7 Å². The van der Waals surface area contributed by atoms with Crippen LogP contribution in [-0.2, 0) is 16.0 Å². The van der Waals surface area contributed by atoms with E-state index in [1.54, 1.807) is 27.2 Å². The van der Waals surface area contributed by atoms with Crippen LogP contribution in [0.2, 0.25) is 0 Å². The first-order valence-corrected chi connectivity index (χ1v) is 6.93. The number of ether oxygens (including phenoxy) is 3. The average molecular weight is 296 g/mol. The van der Waals surface area contributed by atoms with Gasteiger partial charge in [-0.2, -0.15) is 0 Å². The fraction of sp³-hybridized carbons (Fsp3) is 0.533. The summed E-state index contributed by atoms with van der Waals surface area (Å²) in [4.78, 5) is 11.9. The Labute approximate surface area is 125 Å². The summed E-state index contributed by atoms with van der Waals surface area (Å²) in [5, 5.41) is 2.74. The number of carbonyl (C=O) groups is 1. The van der Waals surface area contributed by atoms with Gasteiger partial charge in [0.15, 0.2) is 17.6 Å². The molecule has 0 aliphatic heterocycles. The Morgan fingerprint density at radius 2 is 2.14 bits per heavy atom. The van der Waals surface area contributed by atoms with Gasteiger partial charge in [0.1, 0.15) is 0 Å². The number of hydrogen-bond donors (Lipinski definition) is 2. The van der Waals surface area contributed by atoms with E-state index in [0.717, 1.165) is 5.56 Å². The second-order valence-corrected chi connectivity index (χ2v) is 4.53. The minimum Gasteiger partial charge on any atom is -0.493 e. The fourth-order valence-electron chi connectivity index (χ4n) is 1.86. The van der Waals surface area contributed by atoms with Crippen LogP contribution in [0.1, 0.15) is 12.5 Å². The number of amides is 1. The number of para-hydroxylation sites is 1. The molecule has 0 saturated heterocycles. The van der Waals surface area contributed by atoms with Crippen molar-refractivity contribution in [1.82, 2.24) is 5.32 Å². The van der Waals surface area contributed by atoms with Crippen molar-refractivity contribution in [3.05, 3.63) is 23.8 Å². The van der Waals surface area contributed by atoms with Gasteiger partial charge in [-0.15, -0.1) is 0 Å². The summed E-state index contributed by atoms with van der Waals surface area (Å²) in [6, 6.07) is 5.59. The number of benzene rings is 1. The van der Waals surface area contributed by atoms with Gasteiger partial charge in [0.2, 0.25) is 0 Å². The van der Waals surface area contributed by atoms with Gasteiger partial charge in [0.05, 0.1) is 13.7 Å². The summed E-state index contributed by atoms with van der Waals surface area (Å²) in [6.07, 6.45) is 0.0274. The molecule has 1 aromatic carbocycles. The summed E-state index contributed by atoms with van der Waals surface area (Å²) in [6.45, 7) is 3.11. The summed E-state index contributed by atoms with van der Waals surface area (Å²) in [7, 11) is 3.15. The number of hydrogen-bond acceptors (Lipinski definition) is 5. The molecule has 0 radical (unpaired) electrons. The van der Waals surface area contributed by atoms with Crippen LogP contribution in [-0.4, -0.2) is 45.9 Å². The van der Waals surface area contributed by atoms with Crippen LogP contribution in [0.15, 0.2) is 18.2 Å². The summed E-state index contributed by atoms with van der Waals surface area (Å²) in [5.41, 5.74) is 6.53. The molecule has 0 aliphatic carbocycles. The van der Waals surface area contributed by atoms with Crippen molar-refractivity contribution in [1.29, 1.82) is 0 Å². The minimum atomic E-state index is -0.630. The predicted octanol–water partition coefficient (Wildman–Crippen LogP) is 0.726. The molecule has 6 nitrogen and oxygen atoms in total. The molecule has 0 aliphatic rings. The molecule has 0 saturated carbocycles. The molecule has 6 heteroatoms. The van der Waals surface area contributed by atoms with E-state index in [4.69, 9.17) is 19.9 Å². The summed E-state index contributed by atoms with van der Waals surface area (Å²) < 4.78 is 16.0. The van der Waals surface area contributed by atoms with Crippen LogP contribution in [0, 0.1) is 0 Å². The standard InChI is InChI=1S/C15H24N2O4/c1-11(15(18)17-9-10-19-2)21-14-12(7-8-16)5-4-6-13(14)20-3/h4-6,11H,7-10,16H2,1-3H3,(H,17,18). The van der Waals surface area contributed by atoms with Crippen LogP contribution in [0.25, 0.3) is 0 Å². The quantitative estimate of drug-likeness (QED) is 0.656. The molecule has 0 heterocycles. The van der Waals surface area contributed by atoms with Crippen LogP contribution in [0.3, 0.4) is 0 Å². The Balaban J connectivity index is 2.77. The fourth-order valence-corrected chi connectivity index (χ4v) is 1.86. The molecular weight excluding hydrogens is 272 g/mol. The van der Waals surface area contributed by atoms with Gasteiger partial charge in [-0.3, -0.25) is 4.79 Å². The second kappa shape index (κ2) is 9.20. The molecule has 0 bridgehead atoms. The van der Waals surface area contributed by atoms with Crippen LogP contribution in [0.5, 0.6) is 11.5 Å². The number of methoxy groups -OCH3 is 2. The van der Waals surface area contributed by atoms with E-state index < -0.39 is 6.10 Å². The van der Waals surface area contributed by atoms with E-state index in [-0.39, 0.29) is 5.91 Å². The topological polar surface area (TPSA) is 82.8 Å². The second-order valence-electron chi connectivity index (χ2n) is 4.53. The van der Waals surface area contributed by atoms with Crippen LogP contribution in [0.4, 0.5) is 0 Å². The Morgan fingerprint density at radius 3 is 2.76 bits per heavy atom. The maximum absolute atomic E-state index is 11.9. The van der Waals surface area contributed by atoms with Gasteiger partial charge in [-0.05, 0) is 31.5 Å². The summed E-state index contributed by atoms with van der Waals surface area (Å²) in [5.74, 6) is 0.967. The van der Waals surface area contributed by atoms with Crippen molar-refractivity contribution in [2.75, 3.05) is 33.9 Å². The lowest BCUT2D eigenvalue weighted by molar-refractivity contribution is -0.127. The van der Waals surface area contributed by atoms with Gasteiger partial charge in [-0.25, -0.2) is 0 Å². The highest BCUT2D eigenvalue weighted by molar-refractivity contribution is 5.80. The molecule has 1 atom stereocenters. The first-order chi connectivity index (χ1) is 10.1. The van der Waals surface area contributed by atoms with E-state index in [1.807, 2.05) is 12.1 Å². The highest BCUT2D eigenvalue weighted by atomic mass is 16.5.